The smallest absolute Gasteiger partial charge is 0.123 e. The summed E-state index contributed by atoms with van der Waals surface area (Å²) in [5.74, 6) is 0.868. The van der Waals surface area contributed by atoms with Crippen LogP contribution in [-0.2, 0) is 13.1 Å². The molecule has 4 nitrogen and oxygen atoms in total. The van der Waals surface area contributed by atoms with E-state index in [1.54, 1.807) is 7.11 Å². The van der Waals surface area contributed by atoms with E-state index in [0.717, 1.165) is 39.0 Å². The fraction of sp³-hybridized carbons (Fsp3) is 0.211. The molecule has 0 saturated carbocycles. The predicted molar refractivity (Wildman–Crippen MR) is 98.0 cm³/mol. The lowest BCUT2D eigenvalue weighted by molar-refractivity contribution is 0.310. The van der Waals surface area contributed by atoms with E-state index in [9.17, 15) is 5.26 Å². The van der Waals surface area contributed by atoms with Gasteiger partial charge >= 0.3 is 0 Å². The molecule has 1 aromatic carbocycles. The second-order valence-corrected chi connectivity index (χ2v) is 6.68. The molecule has 0 spiro atoms. The Balaban J connectivity index is 1.84. The first-order valence-corrected chi connectivity index (χ1v) is 8.41. The van der Waals surface area contributed by atoms with Crippen molar-refractivity contribution in [3.63, 3.8) is 0 Å². The van der Waals surface area contributed by atoms with Crippen molar-refractivity contribution < 1.29 is 4.74 Å². The predicted octanol–water partition coefficient (Wildman–Crippen LogP) is 4.21. The van der Waals surface area contributed by atoms with Gasteiger partial charge in [-0.05, 0) is 37.4 Å². The summed E-state index contributed by atoms with van der Waals surface area (Å²) < 4.78 is 8.47. The van der Waals surface area contributed by atoms with Crippen LogP contribution in [0.15, 0.2) is 53.3 Å². The Kier molecular flexibility index (Phi) is 4.89. The van der Waals surface area contributed by atoms with Crippen molar-refractivity contribution in [2.75, 3.05) is 14.2 Å². The van der Waals surface area contributed by atoms with E-state index in [-0.39, 0.29) is 0 Å². The Morgan fingerprint density at radius 3 is 2.75 bits per heavy atom. The monoisotopic (exact) mass is 383 g/mol. The number of fused-ring (bicyclic) bond motifs is 1. The zero-order valence-corrected chi connectivity index (χ0v) is 15.2. The van der Waals surface area contributed by atoms with Gasteiger partial charge in [0, 0.05) is 41.1 Å². The first-order valence-electron chi connectivity index (χ1n) is 7.62. The summed E-state index contributed by atoms with van der Waals surface area (Å²) in [5.41, 5.74) is 3.82. The highest BCUT2D eigenvalue weighted by Crippen LogP contribution is 2.25. The summed E-state index contributed by atoms with van der Waals surface area (Å²) in [5, 5.41) is 9.52. The maximum absolute atomic E-state index is 9.52. The van der Waals surface area contributed by atoms with E-state index in [4.69, 9.17) is 4.74 Å². The lowest BCUT2D eigenvalue weighted by Gasteiger charge is -2.18. The fourth-order valence-electron chi connectivity index (χ4n) is 2.93. The SMILES string of the molecule is COc1ccc(Br)cc1CN(C)Cc1cn2ccccc2c1C#N. The molecule has 0 atom stereocenters. The van der Waals surface area contributed by atoms with Gasteiger partial charge in [-0.15, -0.1) is 0 Å². The van der Waals surface area contributed by atoms with E-state index in [1.807, 2.05) is 54.2 Å². The number of nitrogens with zero attached hydrogens (tertiary/aromatic N) is 3. The molecule has 0 saturated heterocycles. The van der Waals surface area contributed by atoms with Gasteiger partial charge in [0.1, 0.15) is 11.8 Å². The normalized spacial score (nSPS) is 11.0. The second kappa shape index (κ2) is 7.08. The van der Waals surface area contributed by atoms with Crippen LogP contribution in [0.25, 0.3) is 5.52 Å². The molecule has 2 heterocycles. The van der Waals surface area contributed by atoms with Crippen molar-refractivity contribution >= 4 is 21.4 Å². The molecule has 122 valence electrons. The average Bonchev–Trinajstić information content (AvgIpc) is 2.91. The van der Waals surface area contributed by atoms with Crippen LogP contribution in [0, 0.1) is 11.3 Å². The summed E-state index contributed by atoms with van der Waals surface area (Å²) in [6, 6.07) is 14.2. The lowest BCUT2D eigenvalue weighted by Crippen LogP contribution is -2.18. The van der Waals surface area contributed by atoms with Gasteiger partial charge in [0.2, 0.25) is 0 Å². The van der Waals surface area contributed by atoms with E-state index in [0.29, 0.717) is 6.54 Å². The van der Waals surface area contributed by atoms with Gasteiger partial charge in [0.05, 0.1) is 18.2 Å². The Bertz CT molecular complexity index is 911. The topological polar surface area (TPSA) is 40.7 Å². The molecule has 0 aliphatic carbocycles. The summed E-state index contributed by atoms with van der Waals surface area (Å²) >= 11 is 3.51. The highest BCUT2D eigenvalue weighted by Gasteiger charge is 2.13. The Morgan fingerprint density at radius 2 is 2.00 bits per heavy atom. The molecule has 5 heteroatoms. The number of methoxy groups -OCH3 is 1. The molecule has 2 aromatic heterocycles. The zero-order chi connectivity index (χ0) is 17.1. The largest absolute Gasteiger partial charge is 0.496 e. The van der Waals surface area contributed by atoms with Crippen LogP contribution in [-0.4, -0.2) is 23.5 Å². The number of hydrogen-bond donors (Lipinski definition) is 0. The summed E-state index contributed by atoms with van der Waals surface area (Å²) in [4.78, 5) is 2.18. The molecule has 0 aliphatic heterocycles. The number of hydrogen-bond acceptors (Lipinski definition) is 3. The highest BCUT2D eigenvalue weighted by atomic mass is 79.9. The number of rotatable bonds is 5. The number of pyridine rings is 1. The van der Waals surface area contributed by atoms with Crippen molar-refractivity contribution in [3.05, 3.63) is 70.0 Å². The van der Waals surface area contributed by atoms with Crippen LogP contribution in [0.2, 0.25) is 0 Å². The Morgan fingerprint density at radius 1 is 1.21 bits per heavy atom. The minimum Gasteiger partial charge on any atom is -0.496 e. The van der Waals surface area contributed by atoms with Crippen molar-refractivity contribution in [1.82, 2.24) is 9.30 Å². The van der Waals surface area contributed by atoms with Crippen molar-refractivity contribution in [1.29, 1.82) is 5.26 Å². The number of nitriles is 1. The maximum atomic E-state index is 9.52. The van der Waals surface area contributed by atoms with Gasteiger partial charge in [0.15, 0.2) is 0 Å². The van der Waals surface area contributed by atoms with Crippen LogP contribution < -0.4 is 4.74 Å². The van der Waals surface area contributed by atoms with E-state index >= 15 is 0 Å². The fourth-order valence-corrected chi connectivity index (χ4v) is 3.34. The van der Waals surface area contributed by atoms with Gasteiger partial charge in [-0.1, -0.05) is 22.0 Å². The molecule has 0 radical (unpaired) electrons. The van der Waals surface area contributed by atoms with Crippen LogP contribution in [0.3, 0.4) is 0 Å². The quantitative estimate of drug-likeness (QED) is 0.662. The molecule has 0 bridgehead atoms. The summed E-state index contributed by atoms with van der Waals surface area (Å²) in [7, 11) is 3.73. The number of aromatic nitrogens is 1. The van der Waals surface area contributed by atoms with Gasteiger partial charge in [-0.2, -0.15) is 5.26 Å². The van der Waals surface area contributed by atoms with E-state index in [2.05, 4.69) is 33.0 Å². The summed E-state index contributed by atoms with van der Waals surface area (Å²) in [6.07, 6.45) is 4.00. The van der Waals surface area contributed by atoms with Gasteiger partial charge < -0.3 is 9.14 Å². The third kappa shape index (κ3) is 3.30. The minimum absolute atomic E-state index is 0.695. The van der Waals surface area contributed by atoms with Gasteiger partial charge in [-0.3, -0.25) is 4.90 Å². The van der Waals surface area contributed by atoms with Crippen molar-refractivity contribution in [2.45, 2.75) is 13.1 Å². The van der Waals surface area contributed by atoms with E-state index in [1.165, 1.54) is 0 Å². The average molecular weight is 384 g/mol. The van der Waals surface area contributed by atoms with E-state index < -0.39 is 0 Å². The molecular weight excluding hydrogens is 366 g/mol. The molecule has 0 unspecified atom stereocenters. The molecule has 0 amide bonds. The first kappa shape index (κ1) is 16.6. The van der Waals surface area contributed by atoms with Crippen molar-refractivity contribution in [3.8, 4) is 11.8 Å². The molecule has 0 aliphatic rings. The van der Waals surface area contributed by atoms with Gasteiger partial charge in [0.25, 0.3) is 0 Å². The molecule has 24 heavy (non-hydrogen) atoms. The standard InChI is InChI=1S/C19H18BrN3O/c1-22(11-14-9-16(20)6-7-19(14)24-2)12-15-13-23-8-4-3-5-18(23)17(15)10-21/h3-9,13H,11-12H2,1-2H3. The number of halogens is 1. The van der Waals surface area contributed by atoms with Crippen LogP contribution >= 0.6 is 15.9 Å². The lowest BCUT2D eigenvalue weighted by atomic mass is 10.1. The highest BCUT2D eigenvalue weighted by molar-refractivity contribution is 9.10. The Hall–Kier alpha value is -2.29. The molecule has 0 fully saturated rings. The van der Waals surface area contributed by atoms with Gasteiger partial charge in [-0.25, -0.2) is 0 Å². The van der Waals surface area contributed by atoms with Crippen LogP contribution in [0.5, 0.6) is 5.75 Å². The molecular formula is C19H18BrN3O. The van der Waals surface area contributed by atoms with Crippen molar-refractivity contribution in [2.24, 2.45) is 0 Å². The minimum atomic E-state index is 0.695. The molecule has 3 aromatic rings. The number of benzene rings is 1. The zero-order valence-electron chi connectivity index (χ0n) is 13.7. The summed E-state index contributed by atoms with van der Waals surface area (Å²) in [6.45, 7) is 1.43. The second-order valence-electron chi connectivity index (χ2n) is 5.76. The van der Waals surface area contributed by atoms with Crippen LogP contribution in [0.4, 0.5) is 0 Å². The third-order valence-corrected chi connectivity index (χ3v) is 4.49. The third-order valence-electron chi connectivity index (χ3n) is 4.00. The molecule has 3 rings (SSSR count). The molecule has 0 N–H and O–H groups in total. The number of ether oxygens (including phenoxy) is 1. The maximum Gasteiger partial charge on any atom is 0.123 e. The first-order chi connectivity index (χ1) is 11.6. The van der Waals surface area contributed by atoms with Crippen LogP contribution in [0.1, 0.15) is 16.7 Å². The Labute approximate surface area is 150 Å².